The quantitative estimate of drug-likeness (QED) is 0.894. The van der Waals surface area contributed by atoms with Crippen molar-refractivity contribution in [3.8, 4) is 0 Å². The average molecular weight is 262 g/mol. The predicted molar refractivity (Wildman–Crippen MR) is 77.5 cm³/mol. The van der Waals surface area contributed by atoms with Crippen molar-refractivity contribution in [1.82, 2.24) is 19.3 Å². The fraction of sp³-hybridized carbons (Fsp3) is 0.538. The molecule has 0 aromatic carbocycles. The van der Waals surface area contributed by atoms with Crippen molar-refractivity contribution in [3.63, 3.8) is 0 Å². The molecule has 0 atom stereocenters. The molecule has 6 heteroatoms. The summed E-state index contributed by atoms with van der Waals surface area (Å²) in [6.07, 6.45) is 5.77. The Morgan fingerprint density at radius 3 is 2.58 bits per heavy atom. The van der Waals surface area contributed by atoms with Crippen LogP contribution in [-0.4, -0.2) is 33.4 Å². The Morgan fingerprint density at radius 1 is 1.32 bits per heavy atom. The first-order valence-corrected chi connectivity index (χ1v) is 6.45. The summed E-state index contributed by atoms with van der Waals surface area (Å²) in [6, 6.07) is 0.382. The molecule has 19 heavy (non-hydrogen) atoms. The van der Waals surface area contributed by atoms with E-state index in [1.165, 1.54) is 0 Å². The van der Waals surface area contributed by atoms with Gasteiger partial charge in [0.1, 0.15) is 0 Å². The maximum Gasteiger partial charge on any atom is 0.204 e. The Kier molecular flexibility index (Phi) is 3.78. The highest BCUT2D eigenvalue weighted by atomic mass is 15.3. The average Bonchev–Trinajstić information content (AvgIpc) is 2.93. The van der Waals surface area contributed by atoms with E-state index in [-0.39, 0.29) is 0 Å². The normalized spacial score (nSPS) is 11.1. The summed E-state index contributed by atoms with van der Waals surface area (Å²) < 4.78 is 4.02. The molecule has 0 saturated carbocycles. The third-order valence-corrected chi connectivity index (χ3v) is 3.06. The summed E-state index contributed by atoms with van der Waals surface area (Å²) >= 11 is 0. The van der Waals surface area contributed by atoms with Gasteiger partial charge in [-0.1, -0.05) is 0 Å². The Bertz CT molecular complexity index is 537. The first-order chi connectivity index (χ1) is 8.99. The number of nitrogens with zero attached hydrogens (tertiary/aromatic N) is 5. The first kappa shape index (κ1) is 13.5. The highest BCUT2D eigenvalue weighted by molar-refractivity contribution is 5.39. The van der Waals surface area contributed by atoms with Crippen molar-refractivity contribution < 1.29 is 0 Å². The van der Waals surface area contributed by atoms with Gasteiger partial charge in [0.05, 0.1) is 30.3 Å². The van der Waals surface area contributed by atoms with Crippen LogP contribution in [0.5, 0.6) is 0 Å². The van der Waals surface area contributed by atoms with Crippen LogP contribution in [0.1, 0.15) is 25.6 Å². The molecule has 2 aromatic heterocycles. The Balaban J connectivity index is 2.02. The second kappa shape index (κ2) is 5.34. The number of anilines is 2. The van der Waals surface area contributed by atoms with Crippen LogP contribution in [0.15, 0.2) is 18.6 Å². The standard InChI is InChI=1S/C13H22N6/c1-10(2)19-9-11(6-16-19)14-7-12-8-15-13(17(3)4)18(12)5/h6,8-10,14H,7H2,1-5H3. The van der Waals surface area contributed by atoms with E-state index in [1.807, 2.05) is 49.3 Å². The van der Waals surface area contributed by atoms with Gasteiger partial charge in [0.25, 0.3) is 0 Å². The molecular weight excluding hydrogens is 240 g/mol. The lowest BCUT2D eigenvalue weighted by atomic mass is 10.4. The van der Waals surface area contributed by atoms with Crippen molar-refractivity contribution in [2.75, 3.05) is 24.3 Å². The molecule has 0 amide bonds. The maximum absolute atomic E-state index is 4.39. The fourth-order valence-electron chi connectivity index (χ4n) is 1.92. The smallest absolute Gasteiger partial charge is 0.204 e. The molecule has 0 spiro atoms. The minimum absolute atomic E-state index is 0.382. The van der Waals surface area contributed by atoms with E-state index in [2.05, 4.69) is 33.8 Å². The van der Waals surface area contributed by atoms with E-state index in [4.69, 9.17) is 0 Å². The lowest BCUT2D eigenvalue weighted by Crippen LogP contribution is -2.15. The topological polar surface area (TPSA) is 50.9 Å². The molecule has 6 nitrogen and oxygen atoms in total. The summed E-state index contributed by atoms with van der Waals surface area (Å²) in [5.41, 5.74) is 2.17. The van der Waals surface area contributed by atoms with Gasteiger partial charge in [-0.05, 0) is 13.8 Å². The number of hydrogen-bond donors (Lipinski definition) is 1. The van der Waals surface area contributed by atoms with Crippen LogP contribution in [0.4, 0.5) is 11.6 Å². The molecule has 2 rings (SSSR count). The zero-order valence-electron chi connectivity index (χ0n) is 12.3. The third kappa shape index (κ3) is 2.89. The minimum Gasteiger partial charge on any atom is -0.377 e. The summed E-state index contributed by atoms with van der Waals surface area (Å²) in [4.78, 5) is 6.39. The van der Waals surface area contributed by atoms with Gasteiger partial charge in [0, 0.05) is 33.4 Å². The molecule has 0 radical (unpaired) electrons. The monoisotopic (exact) mass is 262 g/mol. The zero-order chi connectivity index (χ0) is 14.0. The van der Waals surface area contributed by atoms with Crippen molar-refractivity contribution in [2.24, 2.45) is 7.05 Å². The summed E-state index contributed by atoms with van der Waals surface area (Å²) in [7, 11) is 6.01. The molecule has 2 heterocycles. The third-order valence-electron chi connectivity index (χ3n) is 3.06. The van der Waals surface area contributed by atoms with Gasteiger partial charge < -0.3 is 14.8 Å². The molecule has 0 saturated heterocycles. The van der Waals surface area contributed by atoms with E-state index in [0.29, 0.717) is 6.04 Å². The molecule has 104 valence electrons. The highest BCUT2D eigenvalue weighted by Gasteiger charge is 2.08. The zero-order valence-corrected chi connectivity index (χ0v) is 12.3. The largest absolute Gasteiger partial charge is 0.377 e. The van der Waals surface area contributed by atoms with E-state index < -0.39 is 0 Å². The number of hydrogen-bond acceptors (Lipinski definition) is 4. The van der Waals surface area contributed by atoms with Gasteiger partial charge >= 0.3 is 0 Å². The van der Waals surface area contributed by atoms with Crippen molar-refractivity contribution in [1.29, 1.82) is 0 Å². The lowest BCUT2D eigenvalue weighted by Gasteiger charge is -2.12. The number of imidazole rings is 1. The summed E-state index contributed by atoms with van der Waals surface area (Å²) in [5, 5.41) is 7.67. The van der Waals surface area contributed by atoms with Crippen LogP contribution >= 0.6 is 0 Å². The SMILES string of the molecule is CC(C)n1cc(NCc2cnc(N(C)C)n2C)cn1. The van der Waals surface area contributed by atoms with Crippen LogP contribution in [0.25, 0.3) is 0 Å². The van der Waals surface area contributed by atoms with Crippen LogP contribution < -0.4 is 10.2 Å². The molecule has 0 aliphatic heterocycles. The second-order valence-electron chi connectivity index (χ2n) is 5.16. The number of aromatic nitrogens is 4. The van der Waals surface area contributed by atoms with Crippen molar-refractivity contribution in [2.45, 2.75) is 26.4 Å². The van der Waals surface area contributed by atoms with E-state index >= 15 is 0 Å². The van der Waals surface area contributed by atoms with Gasteiger partial charge in [-0.15, -0.1) is 0 Å². The van der Waals surface area contributed by atoms with Gasteiger partial charge in [-0.2, -0.15) is 5.10 Å². The van der Waals surface area contributed by atoms with Crippen molar-refractivity contribution >= 4 is 11.6 Å². The molecule has 0 aliphatic carbocycles. The van der Waals surface area contributed by atoms with Crippen LogP contribution in [0.2, 0.25) is 0 Å². The second-order valence-corrected chi connectivity index (χ2v) is 5.16. The fourth-order valence-corrected chi connectivity index (χ4v) is 1.92. The van der Waals surface area contributed by atoms with Crippen LogP contribution in [-0.2, 0) is 13.6 Å². The Morgan fingerprint density at radius 2 is 2.05 bits per heavy atom. The van der Waals surface area contributed by atoms with Gasteiger partial charge in [0.15, 0.2) is 0 Å². The first-order valence-electron chi connectivity index (χ1n) is 6.45. The van der Waals surface area contributed by atoms with E-state index in [9.17, 15) is 0 Å². The minimum atomic E-state index is 0.382. The van der Waals surface area contributed by atoms with E-state index in [0.717, 1.165) is 23.9 Å². The summed E-state index contributed by atoms with van der Waals surface area (Å²) in [5.74, 6) is 0.953. The number of rotatable bonds is 5. The van der Waals surface area contributed by atoms with Gasteiger partial charge in [-0.25, -0.2) is 4.98 Å². The molecule has 2 aromatic rings. The molecule has 0 unspecified atom stereocenters. The number of nitrogens with one attached hydrogen (secondary N) is 1. The predicted octanol–water partition coefficient (Wildman–Crippen LogP) is 1.88. The van der Waals surface area contributed by atoms with E-state index in [1.54, 1.807) is 0 Å². The van der Waals surface area contributed by atoms with Crippen LogP contribution in [0, 0.1) is 0 Å². The maximum atomic E-state index is 4.39. The van der Waals surface area contributed by atoms with Crippen LogP contribution in [0.3, 0.4) is 0 Å². The molecule has 0 aliphatic rings. The summed E-state index contributed by atoms with van der Waals surface area (Å²) in [6.45, 7) is 4.96. The molecular formula is C13H22N6. The van der Waals surface area contributed by atoms with Crippen molar-refractivity contribution in [3.05, 3.63) is 24.3 Å². The highest BCUT2D eigenvalue weighted by Crippen LogP contribution is 2.14. The Hall–Kier alpha value is -1.98. The molecule has 1 N–H and O–H groups in total. The Labute approximate surface area is 114 Å². The van der Waals surface area contributed by atoms with Gasteiger partial charge in [-0.3, -0.25) is 4.68 Å². The lowest BCUT2D eigenvalue weighted by molar-refractivity contribution is 0.532. The van der Waals surface area contributed by atoms with Gasteiger partial charge in [0.2, 0.25) is 5.95 Å². The molecule has 0 fully saturated rings. The molecule has 0 bridgehead atoms.